The lowest BCUT2D eigenvalue weighted by atomic mass is 9.49. The highest BCUT2D eigenvalue weighted by Crippen LogP contribution is 2.64. The number of nitrogens with zero attached hydrogens (tertiary/aromatic N) is 1. The lowest BCUT2D eigenvalue weighted by Crippen LogP contribution is -2.55. The van der Waals surface area contributed by atoms with Crippen molar-refractivity contribution < 1.29 is 19.2 Å². The molecule has 0 aromatic heterocycles. The molecule has 0 radical (unpaired) electrons. The number of rotatable bonds is 5. The molecule has 0 aromatic carbocycles. The summed E-state index contributed by atoms with van der Waals surface area (Å²) < 4.78 is 6.07. The smallest absolute Gasteiger partial charge is 0.331 e. The van der Waals surface area contributed by atoms with E-state index >= 15 is 0 Å². The Kier molecular flexibility index (Phi) is 6.34. The predicted molar refractivity (Wildman–Crippen MR) is 123 cm³/mol. The second-order valence-electron chi connectivity index (χ2n) is 9.93. The van der Waals surface area contributed by atoms with Gasteiger partial charge >= 0.3 is 11.9 Å². The molecule has 172 valence electrons. The topological polar surface area (TPSA) is 65.0 Å². The van der Waals surface area contributed by atoms with Crippen molar-refractivity contribution in [2.45, 2.75) is 84.2 Å². The molecular weight excluding hydrogens is 402 g/mol. The minimum Gasteiger partial charge on any atom is -0.441 e. The number of hydrogen-bond donors (Lipinski definition) is 0. The highest BCUT2D eigenvalue weighted by Gasteiger charge is 2.63. The molecule has 2 fully saturated rings. The molecule has 0 aromatic rings. The minimum absolute atomic E-state index is 0.188. The van der Waals surface area contributed by atoms with E-state index in [4.69, 9.17) is 16.0 Å². The number of esters is 1. The molecule has 32 heavy (non-hydrogen) atoms. The van der Waals surface area contributed by atoms with Crippen molar-refractivity contribution in [3.8, 4) is 12.3 Å². The number of ether oxygens (including phenoxy) is 1. The molecule has 4 aliphatic carbocycles. The largest absolute Gasteiger partial charge is 0.441 e. The predicted octanol–water partition coefficient (Wildman–Crippen LogP) is 5.36. The Bertz CT molecular complexity index is 909. The Balaban J connectivity index is 1.58. The molecule has 0 saturated heterocycles. The summed E-state index contributed by atoms with van der Waals surface area (Å²) in [6.07, 6.45) is 20.7. The molecular formula is C27H35NO4. The molecule has 5 nitrogen and oxygen atoms in total. The summed E-state index contributed by atoms with van der Waals surface area (Å²) in [5, 5.41) is 4.04. The summed E-state index contributed by atoms with van der Waals surface area (Å²) in [5.74, 6) is 4.43. The van der Waals surface area contributed by atoms with Crippen LogP contribution in [0.25, 0.3) is 0 Å². The standard InChI is InChI=1S/C27H35NO4/c1-5-8-25(30)31-27(7-3)16-14-24-23-11-9-19-17-20(28-32-18(4)29)10-12-21(19)22(23)13-15-26(24,27)6-2/h3,14,16-17,21-24H,5-6,8-13,15H2,1-2,4H3/b28-20+/t21-,22+,23+,24-,26-,27-/m0/s1. The monoisotopic (exact) mass is 437 g/mol. The van der Waals surface area contributed by atoms with Crippen LogP contribution < -0.4 is 0 Å². The molecule has 6 atom stereocenters. The third-order valence-electron chi connectivity index (χ3n) is 8.54. The molecule has 0 spiro atoms. The quantitative estimate of drug-likeness (QED) is 0.191. The maximum Gasteiger partial charge on any atom is 0.331 e. The lowest BCUT2D eigenvalue weighted by Gasteiger charge is -2.56. The molecule has 0 bridgehead atoms. The molecule has 0 amide bonds. The first-order valence-electron chi connectivity index (χ1n) is 12.2. The fourth-order valence-corrected chi connectivity index (χ4v) is 7.16. The average Bonchev–Trinajstić information content (AvgIpc) is 3.12. The van der Waals surface area contributed by atoms with Crippen molar-refractivity contribution in [1.82, 2.24) is 0 Å². The molecule has 5 heteroatoms. The van der Waals surface area contributed by atoms with Gasteiger partial charge in [0.05, 0.1) is 5.71 Å². The summed E-state index contributed by atoms with van der Waals surface area (Å²) in [5.41, 5.74) is 1.20. The zero-order valence-corrected chi connectivity index (χ0v) is 19.6. The SMILES string of the molecule is C#C[C@]1(OC(=O)CCC)C=C[C@H]2[C@@H]3CCC4=C/C(=N/OC(C)=O)CC[C@@H]4[C@H]3CC[C@@]21CC. The van der Waals surface area contributed by atoms with Crippen molar-refractivity contribution in [2.24, 2.45) is 34.2 Å². The highest BCUT2D eigenvalue weighted by atomic mass is 16.7. The number of carbonyl (C=O) groups is 2. The Morgan fingerprint density at radius 2 is 2.03 bits per heavy atom. The fraction of sp³-hybridized carbons (Fsp3) is 0.667. The van der Waals surface area contributed by atoms with E-state index in [1.165, 1.54) is 12.5 Å². The summed E-state index contributed by atoms with van der Waals surface area (Å²) in [7, 11) is 0. The summed E-state index contributed by atoms with van der Waals surface area (Å²) in [6.45, 7) is 5.56. The Labute approximate surface area is 191 Å². The fourth-order valence-electron chi connectivity index (χ4n) is 7.16. The molecule has 0 N–H and O–H groups in total. The number of allylic oxidation sites excluding steroid dienone is 3. The lowest BCUT2D eigenvalue weighted by molar-refractivity contribution is -0.168. The average molecular weight is 438 g/mol. The van der Waals surface area contributed by atoms with Gasteiger partial charge in [0.2, 0.25) is 0 Å². The Morgan fingerprint density at radius 1 is 1.22 bits per heavy atom. The second-order valence-corrected chi connectivity index (χ2v) is 9.93. The first-order chi connectivity index (χ1) is 15.4. The molecule has 0 aliphatic heterocycles. The zero-order chi connectivity index (χ0) is 22.9. The van der Waals surface area contributed by atoms with E-state index in [9.17, 15) is 9.59 Å². The van der Waals surface area contributed by atoms with Gasteiger partial charge in [0.15, 0.2) is 5.60 Å². The van der Waals surface area contributed by atoms with Crippen LogP contribution in [0.15, 0.2) is 29.0 Å². The number of oxime groups is 1. The summed E-state index contributed by atoms with van der Waals surface area (Å²) in [4.78, 5) is 28.5. The van der Waals surface area contributed by atoms with Crippen LogP contribution in [-0.4, -0.2) is 23.3 Å². The van der Waals surface area contributed by atoms with Gasteiger partial charge in [-0.3, -0.25) is 4.79 Å². The van der Waals surface area contributed by atoms with Crippen molar-refractivity contribution in [1.29, 1.82) is 0 Å². The number of fused-ring (bicyclic) bond motifs is 5. The maximum absolute atomic E-state index is 12.5. The summed E-state index contributed by atoms with van der Waals surface area (Å²) >= 11 is 0. The van der Waals surface area contributed by atoms with Gasteiger partial charge in [-0.15, -0.1) is 6.42 Å². The van der Waals surface area contributed by atoms with E-state index < -0.39 is 5.60 Å². The van der Waals surface area contributed by atoms with Crippen LogP contribution in [0.3, 0.4) is 0 Å². The van der Waals surface area contributed by atoms with Crippen LogP contribution in [0.1, 0.15) is 78.6 Å². The van der Waals surface area contributed by atoms with Gasteiger partial charge in [-0.1, -0.05) is 36.6 Å². The van der Waals surface area contributed by atoms with Gasteiger partial charge in [-0.2, -0.15) is 0 Å². The van der Waals surface area contributed by atoms with Crippen molar-refractivity contribution in [3.63, 3.8) is 0 Å². The Hall–Kier alpha value is -2.35. The van der Waals surface area contributed by atoms with E-state index in [0.717, 1.165) is 57.1 Å². The zero-order valence-electron chi connectivity index (χ0n) is 19.6. The van der Waals surface area contributed by atoms with Crippen molar-refractivity contribution in [2.75, 3.05) is 0 Å². The van der Waals surface area contributed by atoms with Crippen molar-refractivity contribution in [3.05, 3.63) is 23.8 Å². The number of carbonyl (C=O) groups excluding carboxylic acids is 2. The third kappa shape index (κ3) is 3.62. The molecule has 4 rings (SSSR count). The van der Waals surface area contributed by atoms with Crippen LogP contribution in [0.2, 0.25) is 0 Å². The number of hydrogen-bond acceptors (Lipinski definition) is 5. The maximum atomic E-state index is 12.5. The molecule has 4 aliphatic rings. The first-order valence-corrected chi connectivity index (χ1v) is 12.2. The van der Waals surface area contributed by atoms with Crippen LogP contribution in [0.4, 0.5) is 0 Å². The van der Waals surface area contributed by atoms with E-state index in [-0.39, 0.29) is 17.4 Å². The number of terminal acetylenes is 1. The van der Waals surface area contributed by atoms with Gasteiger partial charge in [-0.25, -0.2) is 4.79 Å². The second kappa shape index (κ2) is 8.89. The van der Waals surface area contributed by atoms with Gasteiger partial charge < -0.3 is 9.57 Å². The van der Waals surface area contributed by atoms with Crippen LogP contribution in [0, 0.1) is 41.4 Å². The van der Waals surface area contributed by atoms with Crippen LogP contribution in [0.5, 0.6) is 0 Å². The van der Waals surface area contributed by atoms with Gasteiger partial charge in [-0.05, 0) is 87.2 Å². The highest BCUT2D eigenvalue weighted by molar-refractivity contribution is 5.96. The van der Waals surface area contributed by atoms with Crippen LogP contribution >= 0.6 is 0 Å². The van der Waals surface area contributed by atoms with Crippen molar-refractivity contribution >= 4 is 17.7 Å². The van der Waals surface area contributed by atoms with E-state index in [1.54, 1.807) is 0 Å². The van der Waals surface area contributed by atoms with E-state index in [1.807, 2.05) is 13.0 Å². The Morgan fingerprint density at radius 3 is 2.72 bits per heavy atom. The minimum atomic E-state index is -0.920. The normalized spacial score (nSPS) is 38.7. The molecule has 0 heterocycles. The third-order valence-corrected chi connectivity index (χ3v) is 8.54. The molecule has 2 saturated carbocycles. The molecule has 0 unspecified atom stereocenters. The van der Waals surface area contributed by atoms with E-state index in [0.29, 0.717) is 30.1 Å². The van der Waals surface area contributed by atoms with E-state index in [2.05, 4.69) is 30.2 Å². The van der Waals surface area contributed by atoms with Gasteiger partial charge in [0, 0.05) is 18.8 Å². The summed E-state index contributed by atoms with van der Waals surface area (Å²) in [6, 6.07) is 0. The van der Waals surface area contributed by atoms with Gasteiger partial charge in [0.1, 0.15) is 0 Å². The first kappa shape index (κ1) is 22.8. The van der Waals surface area contributed by atoms with Crippen LogP contribution in [-0.2, 0) is 19.2 Å². The van der Waals surface area contributed by atoms with Gasteiger partial charge in [0.25, 0.3) is 0 Å².